The summed E-state index contributed by atoms with van der Waals surface area (Å²) < 4.78 is 10.6. The molecule has 13 heavy (non-hydrogen) atoms. The molecule has 3 nitrogen and oxygen atoms in total. The van der Waals surface area contributed by atoms with Crippen LogP contribution < -0.4 is 5.73 Å². The normalized spacial score (nSPS) is 14.5. The fourth-order valence-corrected chi connectivity index (χ4v) is 1.15. The van der Waals surface area contributed by atoms with Gasteiger partial charge in [0.1, 0.15) is 0 Å². The van der Waals surface area contributed by atoms with E-state index >= 15 is 0 Å². The Labute approximate surface area is 81.6 Å². The second kappa shape index (κ2) is 6.35. The van der Waals surface area contributed by atoms with E-state index in [0.29, 0.717) is 6.61 Å². The van der Waals surface area contributed by atoms with Gasteiger partial charge in [0.2, 0.25) is 0 Å². The van der Waals surface area contributed by atoms with Gasteiger partial charge >= 0.3 is 0 Å². The van der Waals surface area contributed by atoms with E-state index in [-0.39, 0.29) is 11.6 Å². The van der Waals surface area contributed by atoms with E-state index in [2.05, 4.69) is 6.92 Å². The summed E-state index contributed by atoms with van der Waals surface area (Å²) in [7, 11) is 1.71. The van der Waals surface area contributed by atoms with E-state index in [0.717, 1.165) is 19.4 Å². The molecule has 0 bridgehead atoms. The summed E-state index contributed by atoms with van der Waals surface area (Å²) in [5.41, 5.74) is 5.73. The number of hydrogen-bond acceptors (Lipinski definition) is 3. The molecule has 0 aliphatic rings. The lowest BCUT2D eigenvalue weighted by atomic mass is 10.00. The Kier molecular flexibility index (Phi) is 6.29. The monoisotopic (exact) mass is 189 g/mol. The Hall–Kier alpha value is -0.120. The summed E-state index contributed by atoms with van der Waals surface area (Å²) in [6, 6.07) is 0.0708. The predicted octanol–water partition coefficient (Wildman–Crippen LogP) is 1.56. The highest BCUT2D eigenvalue weighted by molar-refractivity contribution is 4.75. The maximum atomic E-state index is 5.87. The van der Waals surface area contributed by atoms with Crippen LogP contribution in [0.1, 0.15) is 33.6 Å². The molecule has 0 amide bonds. The lowest BCUT2D eigenvalue weighted by Gasteiger charge is -2.26. The first kappa shape index (κ1) is 12.9. The minimum Gasteiger partial charge on any atom is -0.380 e. The summed E-state index contributed by atoms with van der Waals surface area (Å²) in [5.74, 6) is 0. The molecule has 0 heterocycles. The van der Waals surface area contributed by atoms with Crippen molar-refractivity contribution in [1.82, 2.24) is 0 Å². The zero-order valence-corrected chi connectivity index (χ0v) is 9.30. The number of rotatable bonds is 7. The third-order valence-corrected chi connectivity index (χ3v) is 1.99. The molecule has 80 valence electrons. The first-order valence-electron chi connectivity index (χ1n) is 4.90. The summed E-state index contributed by atoms with van der Waals surface area (Å²) in [6.07, 6.45) is 1.87. The Morgan fingerprint density at radius 3 is 2.46 bits per heavy atom. The number of nitrogens with two attached hydrogens (primary N) is 1. The van der Waals surface area contributed by atoms with Crippen LogP contribution in [0.15, 0.2) is 0 Å². The van der Waals surface area contributed by atoms with Gasteiger partial charge in [-0.25, -0.2) is 0 Å². The highest BCUT2D eigenvalue weighted by Gasteiger charge is 2.20. The molecule has 1 unspecified atom stereocenters. The minimum atomic E-state index is -0.144. The van der Waals surface area contributed by atoms with Gasteiger partial charge in [-0.1, -0.05) is 6.92 Å². The SMILES string of the molecule is CCCOCC(N)CC(C)(C)OC. The van der Waals surface area contributed by atoms with E-state index in [1.165, 1.54) is 0 Å². The fraction of sp³-hybridized carbons (Fsp3) is 1.00. The molecule has 0 aliphatic carbocycles. The number of hydrogen-bond donors (Lipinski definition) is 1. The quantitative estimate of drug-likeness (QED) is 0.618. The minimum absolute atomic E-state index is 0.0708. The summed E-state index contributed by atoms with van der Waals surface area (Å²) in [4.78, 5) is 0. The molecule has 0 aromatic rings. The van der Waals surface area contributed by atoms with Crippen LogP contribution in [0.3, 0.4) is 0 Å². The third-order valence-electron chi connectivity index (χ3n) is 1.99. The molecule has 0 saturated carbocycles. The van der Waals surface area contributed by atoms with Gasteiger partial charge in [-0.05, 0) is 26.7 Å². The maximum absolute atomic E-state index is 5.87. The molecule has 0 spiro atoms. The van der Waals surface area contributed by atoms with Crippen LogP contribution in [0.5, 0.6) is 0 Å². The molecule has 3 heteroatoms. The molecule has 0 rings (SSSR count). The number of methoxy groups -OCH3 is 1. The van der Waals surface area contributed by atoms with E-state index in [1.807, 2.05) is 13.8 Å². The van der Waals surface area contributed by atoms with E-state index in [4.69, 9.17) is 15.2 Å². The van der Waals surface area contributed by atoms with Crippen molar-refractivity contribution in [3.63, 3.8) is 0 Å². The average Bonchev–Trinajstić information content (AvgIpc) is 2.04. The van der Waals surface area contributed by atoms with Crippen molar-refractivity contribution in [2.45, 2.75) is 45.3 Å². The van der Waals surface area contributed by atoms with E-state index in [9.17, 15) is 0 Å². The van der Waals surface area contributed by atoms with Gasteiger partial charge in [0, 0.05) is 19.8 Å². The van der Waals surface area contributed by atoms with Gasteiger partial charge in [0.05, 0.1) is 12.2 Å². The van der Waals surface area contributed by atoms with Gasteiger partial charge in [0.15, 0.2) is 0 Å². The second-order valence-electron chi connectivity index (χ2n) is 4.00. The lowest BCUT2D eigenvalue weighted by molar-refractivity contribution is 0.000256. The molecule has 0 aromatic heterocycles. The van der Waals surface area contributed by atoms with Crippen molar-refractivity contribution in [3.05, 3.63) is 0 Å². The molecular formula is C10H23NO2. The zero-order chi connectivity index (χ0) is 10.3. The molecule has 0 saturated heterocycles. The zero-order valence-electron chi connectivity index (χ0n) is 9.30. The van der Waals surface area contributed by atoms with Gasteiger partial charge in [0.25, 0.3) is 0 Å². The van der Waals surface area contributed by atoms with Crippen LogP contribution in [0.4, 0.5) is 0 Å². The van der Waals surface area contributed by atoms with Gasteiger partial charge in [-0.3, -0.25) is 0 Å². The topological polar surface area (TPSA) is 44.5 Å². The Morgan fingerprint density at radius 1 is 1.38 bits per heavy atom. The average molecular weight is 189 g/mol. The van der Waals surface area contributed by atoms with Crippen molar-refractivity contribution in [3.8, 4) is 0 Å². The van der Waals surface area contributed by atoms with Gasteiger partial charge < -0.3 is 15.2 Å². The van der Waals surface area contributed by atoms with Crippen molar-refractivity contribution < 1.29 is 9.47 Å². The van der Waals surface area contributed by atoms with Crippen molar-refractivity contribution >= 4 is 0 Å². The third kappa shape index (κ3) is 6.99. The molecule has 2 N–H and O–H groups in total. The summed E-state index contributed by atoms with van der Waals surface area (Å²) in [5, 5.41) is 0. The molecule has 0 radical (unpaired) electrons. The lowest BCUT2D eigenvalue weighted by Crippen LogP contribution is -2.36. The predicted molar refractivity (Wildman–Crippen MR) is 54.8 cm³/mol. The van der Waals surface area contributed by atoms with Crippen molar-refractivity contribution in [1.29, 1.82) is 0 Å². The van der Waals surface area contributed by atoms with Crippen LogP contribution in [0, 0.1) is 0 Å². The van der Waals surface area contributed by atoms with Crippen molar-refractivity contribution in [2.75, 3.05) is 20.3 Å². The highest BCUT2D eigenvalue weighted by Crippen LogP contribution is 2.14. The standard InChI is InChI=1S/C10H23NO2/c1-5-6-13-8-9(11)7-10(2,3)12-4/h9H,5-8,11H2,1-4H3. The fourth-order valence-electron chi connectivity index (χ4n) is 1.15. The Bertz CT molecular complexity index is 126. The van der Waals surface area contributed by atoms with E-state index in [1.54, 1.807) is 7.11 Å². The van der Waals surface area contributed by atoms with Crippen molar-refractivity contribution in [2.24, 2.45) is 5.73 Å². The van der Waals surface area contributed by atoms with Gasteiger partial charge in [-0.2, -0.15) is 0 Å². The van der Waals surface area contributed by atoms with Crippen LogP contribution >= 0.6 is 0 Å². The molecule has 0 aliphatic heterocycles. The highest BCUT2D eigenvalue weighted by atomic mass is 16.5. The summed E-state index contributed by atoms with van der Waals surface area (Å²) >= 11 is 0. The van der Waals surface area contributed by atoms with E-state index < -0.39 is 0 Å². The molecule has 0 fully saturated rings. The van der Waals surface area contributed by atoms with Crippen LogP contribution in [-0.2, 0) is 9.47 Å². The first-order chi connectivity index (χ1) is 6.02. The molecule has 1 atom stereocenters. The largest absolute Gasteiger partial charge is 0.380 e. The van der Waals surface area contributed by atoms with Gasteiger partial charge in [-0.15, -0.1) is 0 Å². The first-order valence-corrected chi connectivity index (χ1v) is 4.90. The van der Waals surface area contributed by atoms with Crippen LogP contribution in [0.25, 0.3) is 0 Å². The molecular weight excluding hydrogens is 166 g/mol. The number of ether oxygens (including phenoxy) is 2. The smallest absolute Gasteiger partial charge is 0.0638 e. The summed E-state index contributed by atoms with van der Waals surface area (Å²) in [6.45, 7) is 7.58. The van der Waals surface area contributed by atoms with Crippen LogP contribution in [0.2, 0.25) is 0 Å². The maximum Gasteiger partial charge on any atom is 0.0638 e. The molecule has 0 aromatic carbocycles. The Morgan fingerprint density at radius 2 is 2.00 bits per heavy atom. The Balaban J connectivity index is 3.55. The van der Waals surface area contributed by atoms with Crippen LogP contribution in [-0.4, -0.2) is 32.0 Å². The second-order valence-corrected chi connectivity index (χ2v) is 4.00.